The summed E-state index contributed by atoms with van der Waals surface area (Å²) < 4.78 is 0. The molecule has 0 atom stereocenters. The minimum atomic E-state index is -0.264. The Morgan fingerprint density at radius 2 is 2.12 bits per heavy atom. The molecule has 0 bridgehead atoms. The van der Waals surface area contributed by atoms with Crippen molar-refractivity contribution in [2.45, 2.75) is 5.16 Å². The molecule has 0 saturated carbocycles. The van der Waals surface area contributed by atoms with E-state index in [0.717, 1.165) is 4.88 Å². The molecule has 0 fully saturated rings. The van der Waals surface area contributed by atoms with Crippen LogP contribution in [-0.4, -0.2) is 33.1 Å². The van der Waals surface area contributed by atoms with Crippen LogP contribution in [0.5, 0.6) is 0 Å². The Morgan fingerprint density at radius 1 is 1.31 bits per heavy atom. The lowest BCUT2D eigenvalue weighted by Gasteiger charge is -2.08. The lowest BCUT2D eigenvalue weighted by atomic mass is 10.3. The highest BCUT2D eigenvalue weighted by molar-refractivity contribution is 7.99. The highest BCUT2D eigenvalue weighted by Gasteiger charge is 2.11. The van der Waals surface area contributed by atoms with E-state index in [1.165, 1.54) is 11.8 Å². The number of benzene rings is 1. The number of carbonyl (C=O) groups excluding carboxylic acids is 1. The molecule has 2 aromatic heterocycles. The summed E-state index contributed by atoms with van der Waals surface area (Å²) in [4.78, 5) is 17.2. The van der Waals surface area contributed by atoms with Crippen LogP contribution in [-0.2, 0) is 4.79 Å². The molecule has 2 heterocycles. The van der Waals surface area contributed by atoms with Crippen molar-refractivity contribution in [3.8, 4) is 0 Å². The van der Waals surface area contributed by atoms with E-state index in [9.17, 15) is 4.79 Å². The van der Waals surface area contributed by atoms with Gasteiger partial charge in [-0.25, -0.2) is 10.5 Å². The van der Waals surface area contributed by atoms with Crippen LogP contribution in [0.1, 0.15) is 4.88 Å². The van der Waals surface area contributed by atoms with Crippen LogP contribution in [0.2, 0.25) is 10.0 Å². The van der Waals surface area contributed by atoms with Gasteiger partial charge in [-0.1, -0.05) is 47.1 Å². The van der Waals surface area contributed by atoms with Crippen molar-refractivity contribution in [1.82, 2.24) is 15.2 Å². The number of thiophene rings is 1. The van der Waals surface area contributed by atoms with Gasteiger partial charge in [-0.15, -0.1) is 16.4 Å². The third-order valence-corrected chi connectivity index (χ3v) is 5.21. The predicted molar refractivity (Wildman–Crippen MR) is 108 cm³/mol. The first-order chi connectivity index (χ1) is 12.6. The van der Waals surface area contributed by atoms with Gasteiger partial charge in [0.05, 0.1) is 27.7 Å². The zero-order valence-electron chi connectivity index (χ0n) is 13.1. The number of hydrogen-bond acceptors (Lipinski definition) is 7. The molecule has 7 nitrogen and oxygen atoms in total. The summed E-state index contributed by atoms with van der Waals surface area (Å²) in [7, 11) is 0. The molecule has 26 heavy (non-hydrogen) atoms. The number of aromatic amines is 1. The van der Waals surface area contributed by atoms with Crippen molar-refractivity contribution in [3.05, 3.63) is 50.6 Å². The molecule has 0 radical (unpaired) electrons. The van der Waals surface area contributed by atoms with Gasteiger partial charge in [-0.2, -0.15) is 10.1 Å². The zero-order chi connectivity index (χ0) is 18.4. The molecule has 3 rings (SSSR count). The Labute approximate surface area is 167 Å². The van der Waals surface area contributed by atoms with E-state index in [1.54, 1.807) is 35.8 Å². The second-order valence-corrected chi connectivity index (χ2v) is 7.52. The maximum atomic E-state index is 12.0. The Morgan fingerprint density at radius 3 is 2.85 bits per heavy atom. The van der Waals surface area contributed by atoms with Gasteiger partial charge < -0.3 is 5.32 Å². The standard InChI is InChI=1S/C15H12Cl2N6OS2/c16-10-4-1-5-11(17)13(10)19-12(24)8-26-15-20-14(22-23-15)21-18-7-9-3-2-6-25-9/h1-7H,8H2,(H,19,24)(H2,20,21,22,23)/b18-7+. The summed E-state index contributed by atoms with van der Waals surface area (Å²) in [5.41, 5.74) is 3.13. The number of aromatic nitrogens is 3. The number of hydrogen-bond donors (Lipinski definition) is 3. The number of rotatable bonds is 7. The summed E-state index contributed by atoms with van der Waals surface area (Å²) in [5.74, 6) is 0.229. The van der Waals surface area contributed by atoms with Gasteiger partial charge in [0.25, 0.3) is 0 Å². The number of halogens is 2. The van der Waals surface area contributed by atoms with E-state index in [4.69, 9.17) is 23.2 Å². The van der Waals surface area contributed by atoms with E-state index in [1.807, 2.05) is 17.5 Å². The average Bonchev–Trinajstić information content (AvgIpc) is 3.29. The number of amides is 1. The summed E-state index contributed by atoms with van der Waals surface area (Å²) in [5, 5.41) is 16.6. The normalized spacial score (nSPS) is 11.0. The lowest BCUT2D eigenvalue weighted by Crippen LogP contribution is -2.14. The third kappa shape index (κ3) is 5.21. The van der Waals surface area contributed by atoms with Crippen molar-refractivity contribution in [1.29, 1.82) is 0 Å². The van der Waals surface area contributed by atoms with Gasteiger partial charge >= 0.3 is 0 Å². The van der Waals surface area contributed by atoms with Gasteiger partial charge in [0.2, 0.25) is 17.0 Å². The average molecular weight is 427 g/mol. The fraction of sp³-hybridized carbons (Fsp3) is 0.0667. The topological polar surface area (TPSA) is 95.1 Å². The van der Waals surface area contributed by atoms with Crippen LogP contribution in [0.15, 0.2) is 46.0 Å². The van der Waals surface area contributed by atoms with E-state index < -0.39 is 0 Å². The molecule has 3 N–H and O–H groups in total. The molecule has 11 heteroatoms. The Balaban J connectivity index is 1.49. The number of thioether (sulfide) groups is 1. The monoisotopic (exact) mass is 426 g/mol. The van der Waals surface area contributed by atoms with Crippen LogP contribution in [0.4, 0.5) is 11.6 Å². The summed E-state index contributed by atoms with van der Waals surface area (Å²) in [6, 6.07) is 8.90. The largest absolute Gasteiger partial charge is 0.323 e. The van der Waals surface area contributed by atoms with Crippen LogP contribution in [0.25, 0.3) is 0 Å². The molecule has 0 unspecified atom stereocenters. The Kier molecular flexibility index (Phi) is 6.51. The van der Waals surface area contributed by atoms with Crippen molar-refractivity contribution >= 4 is 70.1 Å². The fourth-order valence-electron chi connectivity index (χ4n) is 1.81. The number of H-pyrrole nitrogens is 1. The summed E-state index contributed by atoms with van der Waals surface area (Å²) in [6.45, 7) is 0. The molecule has 134 valence electrons. The minimum absolute atomic E-state index is 0.108. The first-order valence-electron chi connectivity index (χ1n) is 7.23. The SMILES string of the molecule is O=C(CSc1n[nH]c(N/N=C/c2cccs2)n1)Nc1c(Cl)cccc1Cl. The van der Waals surface area contributed by atoms with Crippen LogP contribution >= 0.6 is 46.3 Å². The van der Waals surface area contributed by atoms with Gasteiger partial charge in [-0.3, -0.25) is 4.79 Å². The highest BCUT2D eigenvalue weighted by Crippen LogP contribution is 2.30. The van der Waals surface area contributed by atoms with E-state index in [-0.39, 0.29) is 11.7 Å². The second kappa shape index (κ2) is 9.04. The van der Waals surface area contributed by atoms with E-state index in [2.05, 4.69) is 31.0 Å². The number of carbonyl (C=O) groups is 1. The van der Waals surface area contributed by atoms with Crippen LogP contribution < -0.4 is 10.7 Å². The number of nitrogens with one attached hydrogen (secondary N) is 3. The first kappa shape index (κ1) is 18.7. The van der Waals surface area contributed by atoms with Crippen molar-refractivity contribution in [2.24, 2.45) is 5.10 Å². The van der Waals surface area contributed by atoms with Crippen LogP contribution in [0.3, 0.4) is 0 Å². The van der Waals surface area contributed by atoms with Gasteiger partial charge in [-0.05, 0) is 23.6 Å². The van der Waals surface area contributed by atoms with Crippen molar-refractivity contribution in [3.63, 3.8) is 0 Å². The third-order valence-electron chi connectivity index (χ3n) is 2.93. The number of para-hydroxylation sites is 1. The number of hydrazone groups is 1. The van der Waals surface area contributed by atoms with Crippen LogP contribution in [0, 0.1) is 0 Å². The first-order valence-corrected chi connectivity index (χ1v) is 9.85. The lowest BCUT2D eigenvalue weighted by molar-refractivity contribution is -0.113. The molecule has 0 aliphatic carbocycles. The van der Waals surface area contributed by atoms with Gasteiger partial charge in [0, 0.05) is 4.88 Å². The molecule has 1 aromatic carbocycles. The van der Waals surface area contributed by atoms with Crippen molar-refractivity contribution in [2.75, 3.05) is 16.5 Å². The minimum Gasteiger partial charge on any atom is -0.323 e. The molecule has 0 aliphatic rings. The summed E-state index contributed by atoms with van der Waals surface area (Å²) >= 11 is 14.8. The van der Waals surface area contributed by atoms with Crippen molar-refractivity contribution < 1.29 is 4.79 Å². The molecule has 0 aliphatic heterocycles. The predicted octanol–water partition coefficient (Wildman–Crippen LogP) is 4.35. The molecule has 0 spiro atoms. The van der Waals surface area contributed by atoms with Gasteiger partial charge in [0.15, 0.2) is 0 Å². The molecular weight excluding hydrogens is 415 g/mol. The number of anilines is 2. The maximum absolute atomic E-state index is 12.0. The smallest absolute Gasteiger partial charge is 0.240 e. The molecule has 1 amide bonds. The second-order valence-electron chi connectivity index (χ2n) is 4.79. The Bertz CT molecular complexity index is 893. The fourth-order valence-corrected chi connectivity index (χ4v) is 3.48. The Hall–Kier alpha value is -2.07. The highest BCUT2D eigenvalue weighted by atomic mass is 35.5. The molecular formula is C15H12Cl2N6OS2. The molecule has 0 saturated heterocycles. The molecule has 3 aromatic rings. The quantitative estimate of drug-likeness (QED) is 0.296. The number of nitrogens with zero attached hydrogens (tertiary/aromatic N) is 3. The maximum Gasteiger partial charge on any atom is 0.240 e. The van der Waals surface area contributed by atoms with Gasteiger partial charge in [0.1, 0.15) is 0 Å². The zero-order valence-corrected chi connectivity index (χ0v) is 16.2. The summed E-state index contributed by atoms with van der Waals surface area (Å²) in [6.07, 6.45) is 1.68. The van der Waals surface area contributed by atoms with E-state index in [0.29, 0.717) is 26.8 Å². The van der Waals surface area contributed by atoms with E-state index >= 15 is 0 Å².